The summed E-state index contributed by atoms with van der Waals surface area (Å²) in [5.41, 5.74) is 25.0. The Balaban J connectivity index is 2.51. The minimum atomic E-state index is -1.33. The summed E-state index contributed by atoms with van der Waals surface area (Å²) in [5, 5.41) is 0. The Labute approximate surface area is 113 Å². The summed E-state index contributed by atoms with van der Waals surface area (Å²) in [6, 6.07) is 19.5. The topological polar surface area (TPSA) is 104 Å². The predicted octanol–water partition coefficient (Wildman–Crippen LogP) is 0.809. The molecule has 4 heteroatoms. The molecular formula is C15H20N4. The maximum atomic E-state index is 6.59. The zero-order valence-electron chi connectivity index (χ0n) is 10.8. The summed E-state index contributed by atoms with van der Waals surface area (Å²) in [4.78, 5) is 0. The second-order valence-corrected chi connectivity index (χ2v) is 4.99. The molecule has 100 valence electrons. The van der Waals surface area contributed by atoms with E-state index in [0.717, 1.165) is 11.1 Å². The molecule has 0 unspecified atom stereocenters. The highest BCUT2D eigenvalue weighted by molar-refractivity contribution is 5.38. The van der Waals surface area contributed by atoms with Crippen LogP contribution in [-0.2, 0) is 5.54 Å². The van der Waals surface area contributed by atoms with Crippen molar-refractivity contribution < 1.29 is 0 Å². The predicted molar refractivity (Wildman–Crippen MR) is 77.8 cm³/mol. The van der Waals surface area contributed by atoms with Gasteiger partial charge in [-0.3, -0.25) is 0 Å². The molecule has 2 aromatic rings. The minimum Gasteiger partial charge on any atom is -0.318 e. The van der Waals surface area contributed by atoms with Crippen molar-refractivity contribution in [3.8, 4) is 0 Å². The zero-order valence-corrected chi connectivity index (χ0v) is 10.8. The molecule has 0 aliphatic rings. The third-order valence-electron chi connectivity index (χ3n) is 3.16. The average molecular weight is 256 g/mol. The van der Waals surface area contributed by atoms with Gasteiger partial charge >= 0.3 is 0 Å². The third kappa shape index (κ3) is 3.19. The van der Waals surface area contributed by atoms with Gasteiger partial charge in [0, 0.05) is 6.42 Å². The normalized spacial score (nSPS) is 12.4. The Morgan fingerprint density at radius 2 is 1.00 bits per heavy atom. The summed E-state index contributed by atoms with van der Waals surface area (Å²) in [6.07, 6.45) is 0.244. The van der Waals surface area contributed by atoms with Crippen molar-refractivity contribution in [3.05, 3.63) is 71.8 Å². The Morgan fingerprint density at radius 1 is 0.632 bits per heavy atom. The molecular weight excluding hydrogens is 236 g/mol. The fraction of sp³-hybridized carbons (Fsp3) is 0.200. The molecule has 2 aromatic carbocycles. The molecule has 0 spiro atoms. The van der Waals surface area contributed by atoms with Gasteiger partial charge in [-0.05, 0) is 11.1 Å². The van der Waals surface area contributed by atoms with E-state index in [1.165, 1.54) is 0 Å². The Bertz CT molecular complexity index is 477. The van der Waals surface area contributed by atoms with Crippen LogP contribution < -0.4 is 22.9 Å². The maximum Gasteiger partial charge on any atom is 0.118 e. The highest BCUT2D eigenvalue weighted by atomic mass is 15.1. The van der Waals surface area contributed by atoms with E-state index < -0.39 is 11.3 Å². The van der Waals surface area contributed by atoms with Gasteiger partial charge in [0.25, 0.3) is 0 Å². The van der Waals surface area contributed by atoms with Crippen molar-refractivity contribution in [2.75, 3.05) is 0 Å². The number of hydrogen-bond acceptors (Lipinski definition) is 4. The molecule has 0 saturated heterocycles. The van der Waals surface area contributed by atoms with Crippen molar-refractivity contribution in [2.45, 2.75) is 17.7 Å². The number of rotatable bonds is 4. The zero-order chi connectivity index (χ0) is 13.9. The molecule has 0 aliphatic carbocycles. The van der Waals surface area contributed by atoms with Crippen molar-refractivity contribution >= 4 is 0 Å². The van der Waals surface area contributed by atoms with Crippen LogP contribution in [0.3, 0.4) is 0 Å². The van der Waals surface area contributed by atoms with E-state index in [-0.39, 0.29) is 6.42 Å². The molecule has 0 bridgehead atoms. The average Bonchev–Trinajstić information content (AvgIpc) is 2.39. The van der Waals surface area contributed by atoms with Crippen molar-refractivity contribution in [1.29, 1.82) is 0 Å². The van der Waals surface area contributed by atoms with Crippen LogP contribution in [0.4, 0.5) is 0 Å². The quantitative estimate of drug-likeness (QED) is 0.608. The van der Waals surface area contributed by atoms with E-state index in [2.05, 4.69) is 0 Å². The van der Waals surface area contributed by atoms with Gasteiger partial charge in [-0.2, -0.15) is 0 Å². The summed E-state index contributed by atoms with van der Waals surface area (Å²) in [7, 11) is 0. The van der Waals surface area contributed by atoms with Crippen LogP contribution in [0.25, 0.3) is 0 Å². The first kappa shape index (κ1) is 13.7. The first-order chi connectivity index (χ1) is 8.92. The molecule has 0 heterocycles. The maximum absolute atomic E-state index is 6.59. The molecule has 8 N–H and O–H groups in total. The van der Waals surface area contributed by atoms with Crippen molar-refractivity contribution in [3.63, 3.8) is 0 Å². The van der Waals surface area contributed by atoms with Gasteiger partial charge in [0.2, 0.25) is 0 Å². The van der Waals surface area contributed by atoms with Crippen LogP contribution in [0.15, 0.2) is 60.7 Å². The van der Waals surface area contributed by atoms with Gasteiger partial charge in [0.1, 0.15) is 5.79 Å². The Morgan fingerprint density at radius 3 is 1.32 bits per heavy atom. The van der Waals surface area contributed by atoms with Gasteiger partial charge in [-0.25, -0.2) is 0 Å². The lowest BCUT2D eigenvalue weighted by Gasteiger charge is -2.36. The summed E-state index contributed by atoms with van der Waals surface area (Å²) < 4.78 is 0. The Kier molecular flexibility index (Phi) is 3.68. The van der Waals surface area contributed by atoms with E-state index in [1.54, 1.807) is 0 Å². The highest BCUT2D eigenvalue weighted by Crippen LogP contribution is 2.31. The largest absolute Gasteiger partial charge is 0.318 e. The van der Waals surface area contributed by atoms with Gasteiger partial charge < -0.3 is 22.9 Å². The number of benzene rings is 2. The standard InChI is InChI=1S/C15H20N4/c16-14(11-15(17,18)19,12-7-3-1-4-8-12)13-9-5-2-6-10-13/h1-10H,11,16-19H2. The van der Waals surface area contributed by atoms with E-state index >= 15 is 0 Å². The SMILES string of the molecule is NC(N)(N)CC(N)(c1ccccc1)c1ccccc1. The van der Waals surface area contributed by atoms with E-state index in [0.29, 0.717) is 0 Å². The monoisotopic (exact) mass is 256 g/mol. The van der Waals surface area contributed by atoms with E-state index in [1.807, 2.05) is 60.7 Å². The lowest BCUT2D eigenvalue weighted by Crippen LogP contribution is -2.63. The van der Waals surface area contributed by atoms with Crippen LogP contribution in [0, 0.1) is 0 Å². The molecule has 0 radical (unpaired) electrons. The highest BCUT2D eigenvalue weighted by Gasteiger charge is 2.35. The van der Waals surface area contributed by atoms with Crippen LogP contribution in [0.1, 0.15) is 17.5 Å². The summed E-state index contributed by atoms with van der Waals surface area (Å²) in [6.45, 7) is 0. The molecule has 0 fully saturated rings. The fourth-order valence-corrected chi connectivity index (χ4v) is 2.32. The third-order valence-corrected chi connectivity index (χ3v) is 3.16. The van der Waals surface area contributed by atoms with Gasteiger partial charge in [0.05, 0.1) is 5.54 Å². The van der Waals surface area contributed by atoms with Crippen LogP contribution in [-0.4, -0.2) is 5.79 Å². The van der Waals surface area contributed by atoms with Crippen molar-refractivity contribution in [1.82, 2.24) is 0 Å². The fourth-order valence-electron chi connectivity index (χ4n) is 2.32. The summed E-state index contributed by atoms with van der Waals surface area (Å²) in [5.74, 6) is -1.33. The van der Waals surface area contributed by atoms with Gasteiger partial charge in [0.15, 0.2) is 0 Å². The molecule has 2 rings (SSSR count). The Hall–Kier alpha value is -1.72. The molecule has 4 nitrogen and oxygen atoms in total. The second-order valence-electron chi connectivity index (χ2n) is 4.99. The molecule has 0 amide bonds. The van der Waals surface area contributed by atoms with E-state index in [4.69, 9.17) is 22.9 Å². The summed E-state index contributed by atoms with van der Waals surface area (Å²) >= 11 is 0. The smallest absolute Gasteiger partial charge is 0.118 e. The lowest BCUT2D eigenvalue weighted by atomic mass is 9.79. The van der Waals surface area contributed by atoms with Gasteiger partial charge in [-0.1, -0.05) is 60.7 Å². The minimum absolute atomic E-state index is 0.244. The van der Waals surface area contributed by atoms with Crippen LogP contribution >= 0.6 is 0 Å². The molecule has 0 aromatic heterocycles. The molecule has 19 heavy (non-hydrogen) atoms. The van der Waals surface area contributed by atoms with E-state index in [9.17, 15) is 0 Å². The van der Waals surface area contributed by atoms with Gasteiger partial charge in [-0.15, -0.1) is 0 Å². The first-order valence-electron chi connectivity index (χ1n) is 6.18. The number of hydrogen-bond donors (Lipinski definition) is 4. The number of nitrogens with two attached hydrogens (primary N) is 4. The second kappa shape index (κ2) is 5.11. The molecule has 0 aliphatic heterocycles. The molecule has 0 saturated carbocycles. The lowest BCUT2D eigenvalue weighted by molar-refractivity contribution is 0.328. The van der Waals surface area contributed by atoms with Crippen molar-refractivity contribution in [2.24, 2.45) is 22.9 Å². The molecule has 0 atom stereocenters. The first-order valence-corrected chi connectivity index (χ1v) is 6.18. The van der Waals surface area contributed by atoms with Crippen LogP contribution in [0.2, 0.25) is 0 Å². The van der Waals surface area contributed by atoms with Crippen LogP contribution in [0.5, 0.6) is 0 Å².